The summed E-state index contributed by atoms with van der Waals surface area (Å²) < 4.78 is 10.5. The molecule has 2 saturated heterocycles. The van der Waals surface area contributed by atoms with E-state index in [1.807, 2.05) is 4.90 Å². The van der Waals surface area contributed by atoms with Crippen molar-refractivity contribution in [2.75, 3.05) is 26.3 Å². The molecule has 2 aliphatic rings. The fourth-order valence-corrected chi connectivity index (χ4v) is 1.90. The van der Waals surface area contributed by atoms with Crippen molar-refractivity contribution in [1.82, 2.24) is 4.90 Å². The number of carbonyl (C=O) groups is 1. The fourth-order valence-electron chi connectivity index (χ4n) is 1.90. The van der Waals surface area contributed by atoms with Gasteiger partial charge in [0.2, 0.25) is 0 Å². The van der Waals surface area contributed by atoms with Gasteiger partial charge in [-0.3, -0.25) is 0 Å². The van der Waals surface area contributed by atoms with Gasteiger partial charge in [-0.1, -0.05) is 0 Å². The Kier molecular flexibility index (Phi) is 3.24. The third-order valence-corrected chi connectivity index (χ3v) is 2.77. The number of likely N-dealkylation sites (tertiary alicyclic amines) is 1. The van der Waals surface area contributed by atoms with Crippen molar-refractivity contribution in [1.29, 1.82) is 0 Å². The topological polar surface area (TPSA) is 38.8 Å². The maximum absolute atomic E-state index is 11.6. The van der Waals surface area contributed by atoms with E-state index in [-0.39, 0.29) is 12.2 Å². The van der Waals surface area contributed by atoms with Crippen LogP contribution in [0.3, 0.4) is 0 Å². The van der Waals surface area contributed by atoms with Crippen LogP contribution in [0.25, 0.3) is 0 Å². The van der Waals surface area contributed by atoms with Crippen molar-refractivity contribution in [2.45, 2.75) is 31.8 Å². The lowest BCUT2D eigenvalue weighted by molar-refractivity contribution is 0.0504. The predicted octanol–water partition coefficient (Wildman–Crippen LogP) is 1.40. The molecule has 0 aromatic carbocycles. The number of carbonyl (C=O) groups excluding carboxylic acids is 1. The first-order chi connectivity index (χ1) is 6.86. The minimum Gasteiger partial charge on any atom is -0.444 e. The van der Waals surface area contributed by atoms with E-state index in [1.165, 1.54) is 6.42 Å². The Labute approximate surface area is 84.2 Å². The lowest BCUT2D eigenvalue weighted by Gasteiger charge is -2.26. The van der Waals surface area contributed by atoms with Crippen LogP contribution in [0, 0.1) is 0 Å². The SMILES string of the molecule is O=C(O[C@H]1CCOC1)N1CCCCC1. The van der Waals surface area contributed by atoms with E-state index in [0.717, 1.165) is 39.0 Å². The minimum absolute atomic E-state index is 0.00979. The molecule has 1 atom stereocenters. The largest absolute Gasteiger partial charge is 0.444 e. The molecule has 0 aromatic heterocycles. The maximum Gasteiger partial charge on any atom is 0.410 e. The van der Waals surface area contributed by atoms with Gasteiger partial charge in [-0.05, 0) is 19.3 Å². The monoisotopic (exact) mass is 199 g/mol. The second-order valence-corrected chi connectivity index (χ2v) is 3.92. The highest BCUT2D eigenvalue weighted by Gasteiger charge is 2.24. The summed E-state index contributed by atoms with van der Waals surface area (Å²) >= 11 is 0. The number of rotatable bonds is 1. The van der Waals surface area contributed by atoms with Crippen molar-refractivity contribution in [2.24, 2.45) is 0 Å². The first-order valence-electron chi connectivity index (χ1n) is 5.39. The first-order valence-corrected chi connectivity index (χ1v) is 5.39. The quantitative estimate of drug-likeness (QED) is 0.640. The zero-order valence-corrected chi connectivity index (χ0v) is 8.41. The van der Waals surface area contributed by atoms with E-state index in [2.05, 4.69) is 0 Å². The molecule has 0 N–H and O–H groups in total. The van der Waals surface area contributed by atoms with Crippen LogP contribution in [0.15, 0.2) is 0 Å². The molecule has 4 heteroatoms. The fraction of sp³-hybridized carbons (Fsp3) is 0.900. The Morgan fingerprint density at radius 2 is 2.07 bits per heavy atom. The molecule has 0 bridgehead atoms. The van der Waals surface area contributed by atoms with Crippen LogP contribution in [0.1, 0.15) is 25.7 Å². The van der Waals surface area contributed by atoms with E-state index in [9.17, 15) is 4.79 Å². The van der Waals surface area contributed by atoms with E-state index in [4.69, 9.17) is 9.47 Å². The third-order valence-electron chi connectivity index (χ3n) is 2.77. The molecule has 14 heavy (non-hydrogen) atoms. The lowest BCUT2D eigenvalue weighted by Crippen LogP contribution is -2.38. The summed E-state index contributed by atoms with van der Waals surface area (Å²) in [6, 6.07) is 0. The molecular formula is C10H17NO3. The Bertz CT molecular complexity index is 196. The van der Waals surface area contributed by atoms with Gasteiger partial charge in [-0.25, -0.2) is 4.79 Å². The van der Waals surface area contributed by atoms with Gasteiger partial charge in [-0.2, -0.15) is 0 Å². The second-order valence-electron chi connectivity index (χ2n) is 3.92. The van der Waals surface area contributed by atoms with Gasteiger partial charge >= 0.3 is 6.09 Å². The Morgan fingerprint density at radius 3 is 2.71 bits per heavy atom. The zero-order chi connectivity index (χ0) is 9.80. The molecule has 0 saturated carbocycles. The number of amides is 1. The summed E-state index contributed by atoms with van der Waals surface area (Å²) in [5.41, 5.74) is 0. The van der Waals surface area contributed by atoms with Gasteiger partial charge in [-0.15, -0.1) is 0 Å². The molecule has 2 heterocycles. The van der Waals surface area contributed by atoms with Crippen LogP contribution in [-0.4, -0.2) is 43.4 Å². The Balaban J connectivity index is 1.75. The van der Waals surface area contributed by atoms with Crippen LogP contribution >= 0.6 is 0 Å². The highest BCUT2D eigenvalue weighted by Crippen LogP contribution is 2.13. The number of hydrogen-bond acceptors (Lipinski definition) is 3. The molecule has 0 aromatic rings. The summed E-state index contributed by atoms with van der Waals surface area (Å²) in [6.07, 6.45) is 4.13. The van der Waals surface area contributed by atoms with Gasteiger partial charge in [0.05, 0.1) is 13.2 Å². The van der Waals surface area contributed by atoms with E-state index in [1.54, 1.807) is 0 Å². The second kappa shape index (κ2) is 4.64. The smallest absolute Gasteiger partial charge is 0.410 e. The Hall–Kier alpha value is -0.770. The van der Waals surface area contributed by atoms with Crippen LogP contribution < -0.4 is 0 Å². The number of ether oxygens (including phenoxy) is 2. The van der Waals surface area contributed by atoms with Crippen LogP contribution in [0.2, 0.25) is 0 Å². The summed E-state index contributed by atoms with van der Waals surface area (Å²) in [5.74, 6) is 0. The van der Waals surface area contributed by atoms with Gasteiger partial charge in [0.15, 0.2) is 0 Å². The zero-order valence-electron chi connectivity index (χ0n) is 8.41. The Morgan fingerprint density at radius 1 is 1.29 bits per heavy atom. The normalized spacial score (nSPS) is 27.7. The van der Waals surface area contributed by atoms with E-state index in [0.29, 0.717) is 6.61 Å². The van der Waals surface area contributed by atoms with Gasteiger partial charge < -0.3 is 14.4 Å². The van der Waals surface area contributed by atoms with Crippen molar-refractivity contribution < 1.29 is 14.3 Å². The van der Waals surface area contributed by atoms with Crippen molar-refractivity contribution in [3.8, 4) is 0 Å². The van der Waals surface area contributed by atoms with Crippen molar-refractivity contribution in [3.05, 3.63) is 0 Å². The van der Waals surface area contributed by atoms with Gasteiger partial charge in [0.25, 0.3) is 0 Å². The van der Waals surface area contributed by atoms with Crippen LogP contribution in [0.4, 0.5) is 4.79 Å². The average Bonchev–Trinajstić information content (AvgIpc) is 2.72. The molecule has 4 nitrogen and oxygen atoms in total. The highest BCUT2D eigenvalue weighted by molar-refractivity contribution is 5.67. The molecule has 2 rings (SSSR count). The van der Waals surface area contributed by atoms with Crippen LogP contribution in [-0.2, 0) is 9.47 Å². The van der Waals surface area contributed by atoms with Gasteiger partial charge in [0, 0.05) is 19.5 Å². The molecule has 80 valence electrons. The standard InChI is InChI=1S/C10H17NO3/c12-10(11-5-2-1-3-6-11)14-9-4-7-13-8-9/h9H,1-8H2/t9-/m0/s1. The first kappa shape index (κ1) is 9.77. The molecule has 1 amide bonds. The average molecular weight is 199 g/mol. The summed E-state index contributed by atoms with van der Waals surface area (Å²) in [5, 5.41) is 0. The number of hydrogen-bond donors (Lipinski definition) is 0. The molecule has 2 aliphatic heterocycles. The molecular weight excluding hydrogens is 182 g/mol. The minimum atomic E-state index is -0.153. The lowest BCUT2D eigenvalue weighted by atomic mass is 10.1. The molecule has 0 radical (unpaired) electrons. The third kappa shape index (κ3) is 2.38. The summed E-state index contributed by atoms with van der Waals surface area (Å²) in [6.45, 7) is 3.00. The maximum atomic E-state index is 11.6. The van der Waals surface area contributed by atoms with E-state index < -0.39 is 0 Å². The van der Waals surface area contributed by atoms with Gasteiger partial charge in [0.1, 0.15) is 6.10 Å². The highest BCUT2D eigenvalue weighted by atomic mass is 16.6. The number of nitrogens with zero attached hydrogens (tertiary/aromatic N) is 1. The summed E-state index contributed by atoms with van der Waals surface area (Å²) in [4.78, 5) is 13.4. The predicted molar refractivity (Wildman–Crippen MR) is 51.1 cm³/mol. The molecule has 0 unspecified atom stereocenters. The van der Waals surface area contributed by atoms with Crippen molar-refractivity contribution in [3.63, 3.8) is 0 Å². The number of piperidine rings is 1. The van der Waals surface area contributed by atoms with Crippen molar-refractivity contribution >= 4 is 6.09 Å². The van der Waals surface area contributed by atoms with E-state index >= 15 is 0 Å². The molecule has 2 fully saturated rings. The molecule has 0 aliphatic carbocycles. The summed E-state index contributed by atoms with van der Waals surface area (Å²) in [7, 11) is 0. The molecule has 0 spiro atoms. The van der Waals surface area contributed by atoms with Crippen LogP contribution in [0.5, 0.6) is 0 Å².